The van der Waals surface area contributed by atoms with Gasteiger partial charge in [0.15, 0.2) is 0 Å². The lowest BCUT2D eigenvalue weighted by Gasteiger charge is -2.25. The first kappa shape index (κ1) is 26.0. The van der Waals surface area contributed by atoms with Crippen molar-refractivity contribution in [3.05, 3.63) is 95.6 Å². The zero-order chi connectivity index (χ0) is 27.4. The van der Waals surface area contributed by atoms with Crippen LogP contribution in [0.4, 0.5) is 4.79 Å². The largest absolute Gasteiger partial charge is 0.493 e. The first-order valence-corrected chi connectivity index (χ1v) is 13.2. The van der Waals surface area contributed by atoms with E-state index in [4.69, 9.17) is 9.15 Å². The second kappa shape index (κ2) is 11.4. The smallest absolute Gasteiger partial charge is 0.331 e. The Bertz CT molecular complexity index is 1530. The van der Waals surface area contributed by atoms with Crippen molar-refractivity contribution in [3.63, 3.8) is 0 Å². The quantitative estimate of drug-likeness (QED) is 0.159. The number of carbonyl (C=O) groups excluding carboxylic acids is 3. The summed E-state index contributed by atoms with van der Waals surface area (Å²) in [5.74, 6) is 0.411. The van der Waals surface area contributed by atoms with Crippen LogP contribution in [0.1, 0.15) is 49.5 Å². The molecule has 39 heavy (non-hydrogen) atoms. The molecule has 0 radical (unpaired) electrons. The molecule has 3 heterocycles. The van der Waals surface area contributed by atoms with Gasteiger partial charge < -0.3 is 13.7 Å². The molecule has 8 heteroatoms. The highest BCUT2D eigenvalue weighted by molar-refractivity contribution is 6.31. The number of fused-ring (bicyclic) bond motifs is 1. The highest BCUT2D eigenvalue weighted by Gasteiger charge is 2.36. The average Bonchev–Trinajstić information content (AvgIpc) is 3.59. The fourth-order valence-electron chi connectivity index (χ4n) is 4.78. The van der Waals surface area contributed by atoms with Crippen LogP contribution in [0.2, 0.25) is 0 Å². The maximum atomic E-state index is 13.2. The van der Waals surface area contributed by atoms with Crippen molar-refractivity contribution in [3.8, 4) is 5.75 Å². The van der Waals surface area contributed by atoms with Gasteiger partial charge >= 0.3 is 6.03 Å². The number of amides is 4. The third kappa shape index (κ3) is 5.50. The van der Waals surface area contributed by atoms with Gasteiger partial charge in [0.05, 0.1) is 19.4 Å². The molecule has 0 aliphatic carbocycles. The lowest BCUT2D eigenvalue weighted by Crippen LogP contribution is -2.53. The fraction of sp³-hybridized carbons (Fsp3) is 0.258. The van der Waals surface area contributed by atoms with Crippen molar-refractivity contribution >= 4 is 34.8 Å². The molecule has 200 valence electrons. The Morgan fingerprint density at radius 3 is 2.62 bits per heavy atom. The number of furan rings is 1. The number of hydrogen-bond acceptors (Lipinski definition) is 5. The SMILES string of the molecule is CCC(C)c1ccccc1OCCCn1cc(/C=C2/C(=O)NC(=O)N(Cc3ccco3)C2=O)c2ccccc21. The minimum absolute atomic E-state index is 0.0653. The monoisotopic (exact) mass is 525 g/mol. The second-order valence-corrected chi connectivity index (χ2v) is 9.63. The molecule has 1 fully saturated rings. The summed E-state index contributed by atoms with van der Waals surface area (Å²) in [5, 5.41) is 3.17. The van der Waals surface area contributed by atoms with Crippen LogP contribution in [0.5, 0.6) is 5.75 Å². The van der Waals surface area contributed by atoms with Crippen LogP contribution in [-0.4, -0.2) is 33.9 Å². The van der Waals surface area contributed by atoms with Crippen molar-refractivity contribution in [1.82, 2.24) is 14.8 Å². The molecular formula is C31H31N3O5. The van der Waals surface area contributed by atoms with Crippen molar-refractivity contribution in [2.45, 2.75) is 45.7 Å². The van der Waals surface area contributed by atoms with Crippen LogP contribution < -0.4 is 10.1 Å². The number of urea groups is 1. The number of nitrogens with one attached hydrogen (secondary N) is 1. The Hall–Kier alpha value is -4.59. The predicted octanol–water partition coefficient (Wildman–Crippen LogP) is 5.88. The molecule has 8 nitrogen and oxygen atoms in total. The standard InChI is InChI=1S/C31H31N3O5/c1-3-21(2)24-11-5-7-14-28(24)39-17-9-15-33-19-22(25-12-4-6-13-27(25)33)18-26-29(35)32-31(37)34(30(26)36)20-23-10-8-16-38-23/h4-8,10-14,16,18-19,21H,3,9,15,17,20H2,1-2H3,(H,32,35,37)/b26-18-. The Labute approximate surface area is 226 Å². The van der Waals surface area contributed by atoms with Gasteiger partial charge in [0.25, 0.3) is 11.8 Å². The normalized spacial score (nSPS) is 15.7. The molecule has 1 saturated heterocycles. The van der Waals surface area contributed by atoms with Crippen molar-refractivity contribution < 1.29 is 23.5 Å². The number of rotatable bonds is 10. The van der Waals surface area contributed by atoms with Crippen molar-refractivity contribution in [1.29, 1.82) is 0 Å². The summed E-state index contributed by atoms with van der Waals surface area (Å²) in [6, 6.07) is 18.6. The number of ether oxygens (including phenoxy) is 1. The van der Waals surface area contributed by atoms with Gasteiger partial charge in [-0.1, -0.05) is 50.2 Å². The maximum absolute atomic E-state index is 13.2. The summed E-state index contributed by atoms with van der Waals surface area (Å²) < 4.78 is 13.5. The molecule has 4 aromatic rings. The molecule has 0 saturated carbocycles. The van der Waals surface area contributed by atoms with Crippen LogP contribution in [0.25, 0.3) is 17.0 Å². The molecule has 0 bridgehead atoms. The number of nitrogens with zero attached hydrogens (tertiary/aromatic N) is 2. The Morgan fingerprint density at radius 2 is 1.82 bits per heavy atom. The third-order valence-electron chi connectivity index (χ3n) is 7.06. The molecule has 5 rings (SSSR count). The Morgan fingerprint density at radius 1 is 1.03 bits per heavy atom. The average molecular weight is 526 g/mol. The van der Waals surface area contributed by atoms with E-state index in [-0.39, 0.29) is 12.1 Å². The lowest BCUT2D eigenvalue weighted by molar-refractivity contribution is -0.130. The number of imide groups is 2. The first-order valence-electron chi connectivity index (χ1n) is 13.2. The highest BCUT2D eigenvalue weighted by atomic mass is 16.5. The first-order chi connectivity index (χ1) is 19.0. The van der Waals surface area contributed by atoms with Gasteiger partial charge in [-0.3, -0.25) is 19.8 Å². The van der Waals surface area contributed by atoms with E-state index in [0.29, 0.717) is 24.8 Å². The van der Waals surface area contributed by atoms with Crippen LogP contribution in [0, 0.1) is 0 Å². The number of barbiturate groups is 1. The van der Waals surface area contributed by atoms with Crippen LogP contribution in [0.15, 0.2) is 83.1 Å². The van der Waals surface area contributed by atoms with Crippen molar-refractivity contribution in [2.75, 3.05) is 6.61 Å². The van der Waals surface area contributed by atoms with Gasteiger partial charge in [0, 0.05) is 29.2 Å². The van der Waals surface area contributed by atoms with Gasteiger partial charge in [0.2, 0.25) is 0 Å². The third-order valence-corrected chi connectivity index (χ3v) is 7.06. The number of carbonyl (C=O) groups is 3. The summed E-state index contributed by atoms with van der Waals surface area (Å²) in [6.45, 7) is 5.56. The molecule has 1 aliphatic heterocycles. The maximum Gasteiger partial charge on any atom is 0.331 e. The molecule has 2 aromatic carbocycles. The molecule has 1 aliphatic rings. The number of benzene rings is 2. The fourth-order valence-corrected chi connectivity index (χ4v) is 4.78. The second-order valence-electron chi connectivity index (χ2n) is 9.63. The van der Waals surface area contributed by atoms with Crippen LogP contribution in [0.3, 0.4) is 0 Å². The molecular weight excluding hydrogens is 494 g/mol. The van der Waals surface area contributed by atoms with E-state index in [1.807, 2.05) is 48.7 Å². The summed E-state index contributed by atoms with van der Waals surface area (Å²) in [6.07, 6.45) is 6.77. The van der Waals surface area contributed by atoms with Gasteiger partial charge in [0.1, 0.15) is 17.1 Å². The van der Waals surface area contributed by atoms with Crippen molar-refractivity contribution in [2.24, 2.45) is 0 Å². The van der Waals surface area contributed by atoms with E-state index in [2.05, 4.69) is 29.8 Å². The van der Waals surface area contributed by atoms with E-state index in [1.165, 1.54) is 11.8 Å². The van der Waals surface area contributed by atoms with Gasteiger partial charge in [-0.15, -0.1) is 0 Å². The van der Waals surface area contributed by atoms with E-state index >= 15 is 0 Å². The van der Waals surface area contributed by atoms with Gasteiger partial charge in [-0.25, -0.2) is 4.79 Å². The van der Waals surface area contributed by atoms with Gasteiger partial charge in [-0.2, -0.15) is 0 Å². The van der Waals surface area contributed by atoms with E-state index in [9.17, 15) is 14.4 Å². The zero-order valence-electron chi connectivity index (χ0n) is 22.1. The number of aromatic nitrogens is 1. The van der Waals surface area contributed by atoms with E-state index < -0.39 is 17.8 Å². The molecule has 0 spiro atoms. The predicted molar refractivity (Wildman–Crippen MR) is 148 cm³/mol. The number of hydrogen-bond donors (Lipinski definition) is 1. The minimum atomic E-state index is -0.768. The Kier molecular flexibility index (Phi) is 7.63. The molecule has 1 atom stereocenters. The summed E-state index contributed by atoms with van der Waals surface area (Å²) >= 11 is 0. The lowest BCUT2D eigenvalue weighted by atomic mass is 9.98. The number of para-hydroxylation sites is 2. The minimum Gasteiger partial charge on any atom is -0.493 e. The van der Waals surface area contributed by atoms with Crippen LogP contribution >= 0.6 is 0 Å². The number of aryl methyl sites for hydroxylation is 1. The molecule has 1 unspecified atom stereocenters. The van der Waals surface area contributed by atoms with E-state index in [1.54, 1.807) is 18.2 Å². The molecule has 2 aromatic heterocycles. The topological polar surface area (TPSA) is 93.8 Å². The summed E-state index contributed by atoms with van der Waals surface area (Å²) in [7, 11) is 0. The van der Waals surface area contributed by atoms with Gasteiger partial charge in [-0.05, 0) is 54.7 Å². The Balaban J connectivity index is 1.34. The highest BCUT2D eigenvalue weighted by Crippen LogP contribution is 2.29. The van der Waals surface area contributed by atoms with Crippen LogP contribution in [-0.2, 0) is 22.7 Å². The summed E-state index contributed by atoms with van der Waals surface area (Å²) in [4.78, 5) is 39.2. The zero-order valence-corrected chi connectivity index (χ0v) is 22.1. The summed E-state index contributed by atoms with van der Waals surface area (Å²) in [5.41, 5.74) is 2.82. The molecule has 4 amide bonds. The van der Waals surface area contributed by atoms with E-state index in [0.717, 1.165) is 40.0 Å². The molecule has 1 N–H and O–H groups in total.